The van der Waals surface area contributed by atoms with E-state index in [2.05, 4.69) is 5.32 Å². The lowest BCUT2D eigenvalue weighted by molar-refractivity contribution is 0.166. The van der Waals surface area contributed by atoms with Gasteiger partial charge in [-0.1, -0.05) is 11.6 Å². The van der Waals surface area contributed by atoms with Gasteiger partial charge in [0.05, 0.1) is 12.6 Å². The summed E-state index contributed by atoms with van der Waals surface area (Å²) in [6.45, 7) is 5.50. The van der Waals surface area contributed by atoms with Gasteiger partial charge in [-0.05, 0) is 44.0 Å². The predicted molar refractivity (Wildman–Crippen MR) is 74.3 cm³/mol. The highest BCUT2D eigenvalue weighted by atomic mass is 35.5. The quantitative estimate of drug-likeness (QED) is 0.887. The highest BCUT2D eigenvalue weighted by Crippen LogP contribution is 2.25. The fourth-order valence-corrected chi connectivity index (χ4v) is 1.95. The van der Waals surface area contributed by atoms with E-state index in [9.17, 15) is 4.79 Å². The maximum atomic E-state index is 12.0. The summed E-state index contributed by atoms with van der Waals surface area (Å²) < 4.78 is 0. The van der Waals surface area contributed by atoms with Gasteiger partial charge in [-0.2, -0.15) is 0 Å². The SMILES string of the molecule is Cc1cc(Cl)cc(C)c1NC(=O)N(C)C(C)CO. The number of nitrogens with zero attached hydrogens (tertiary/aromatic N) is 1. The Labute approximate surface area is 113 Å². The van der Waals surface area contributed by atoms with Crippen LogP contribution in [0.5, 0.6) is 0 Å². The lowest BCUT2D eigenvalue weighted by Gasteiger charge is -2.24. The summed E-state index contributed by atoms with van der Waals surface area (Å²) >= 11 is 5.94. The Kier molecular flexibility index (Phi) is 4.99. The highest BCUT2D eigenvalue weighted by Gasteiger charge is 2.16. The second-order valence-electron chi connectivity index (χ2n) is 4.49. The molecule has 2 amide bonds. The van der Waals surface area contributed by atoms with Crippen LogP contribution in [0.4, 0.5) is 10.5 Å². The summed E-state index contributed by atoms with van der Waals surface area (Å²) in [5.41, 5.74) is 2.60. The molecule has 0 aliphatic carbocycles. The maximum absolute atomic E-state index is 12.0. The van der Waals surface area contributed by atoms with Crippen LogP contribution in [-0.2, 0) is 0 Å². The molecular formula is C13H19ClN2O2. The summed E-state index contributed by atoms with van der Waals surface area (Å²) in [6, 6.07) is 3.14. The fraction of sp³-hybridized carbons (Fsp3) is 0.462. The maximum Gasteiger partial charge on any atom is 0.321 e. The number of amides is 2. The molecule has 1 rings (SSSR count). The minimum Gasteiger partial charge on any atom is -0.394 e. The van der Waals surface area contributed by atoms with Gasteiger partial charge < -0.3 is 15.3 Å². The summed E-state index contributed by atoms with van der Waals surface area (Å²) in [5, 5.41) is 12.5. The van der Waals surface area contributed by atoms with Gasteiger partial charge >= 0.3 is 6.03 Å². The largest absolute Gasteiger partial charge is 0.394 e. The van der Waals surface area contributed by atoms with Crippen LogP contribution < -0.4 is 5.32 Å². The summed E-state index contributed by atoms with van der Waals surface area (Å²) in [5.74, 6) is 0. The first-order valence-corrected chi connectivity index (χ1v) is 6.16. The Morgan fingerprint density at radius 3 is 2.39 bits per heavy atom. The standard InChI is InChI=1S/C13H19ClN2O2/c1-8-5-11(14)6-9(2)12(8)15-13(18)16(4)10(3)7-17/h5-6,10,17H,7H2,1-4H3,(H,15,18). The van der Waals surface area contributed by atoms with Gasteiger partial charge in [-0.3, -0.25) is 0 Å². The third kappa shape index (κ3) is 3.37. The topological polar surface area (TPSA) is 52.6 Å². The lowest BCUT2D eigenvalue weighted by Crippen LogP contribution is -2.40. The minimum absolute atomic E-state index is 0.0670. The zero-order valence-corrected chi connectivity index (χ0v) is 11.9. The van der Waals surface area contributed by atoms with Crippen molar-refractivity contribution < 1.29 is 9.90 Å². The molecule has 0 aromatic heterocycles. The number of urea groups is 1. The van der Waals surface area contributed by atoms with Crippen LogP contribution in [0.1, 0.15) is 18.1 Å². The van der Waals surface area contributed by atoms with Crippen LogP contribution in [-0.4, -0.2) is 35.7 Å². The molecule has 0 spiro atoms. The molecule has 0 radical (unpaired) electrons. The number of likely N-dealkylation sites (N-methyl/N-ethyl adjacent to an activating group) is 1. The number of carbonyl (C=O) groups excluding carboxylic acids is 1. The molecule has 4 nitrogen and oxygen atoms in total. The molecule has 0 aliphatic heterocycles. The predicted octanol–water partition coefficient (Wildman–Crippen LogP) is 2.80. The number of aliphatic hydroxyl groups excluding tert-OH is 1. The lowest BCUT2D eigenvalue weighted by atomic mass is 10.1. The summed E-state index contributed by atoms with van der Waals surface area (Å²) in [7, 11) is 1.65. The Hall–Kier alpha value is -1.26. The van der Waals surface area contributed by atoms with Crippen LogP contribution >= 0.6 is 11.6 Å². The Morgan fingerprint density at radius 2 is 1.94 bits per heavy atom. The van der Waals surface area contributed by atoms with E-state index in [1.165, 1.54) is 4.90 Å². The van der Waals surface area contributed by atoms with Crippen molar-refractivity contribution in [1.29, 1.82) is 0 Å². The van der Waals surface area contributed by atoms with E-state index in [1.54, 1.807) is 26.1 Å². The normalized spacial score (nSPS) is 12.1. The third-order valence-corrected chi connectivity index (χ3v) is 3.19. The van der Waals surface area contributed by atoms with Crippen LogP contribution in [0.2, 0.25) is 5.02 Å². The molecule has 0 heterocycles. The van der Waals surface area contributed by atoms with E-state index in [1.807, 2.05) is 13.8 Å². The Balaban J connectivity index is 2.89. The Bertz CT molecular complexity index is 426. The fourth-order valence-electron chi connectivity index (χ4n) is 1.63. The second-order valence-corrected chi connectivity index (χ2v) is 4.92. The molecule has 1 atom stereocenters. The van der Waals surface area contributed by atoms with Gasteiger partial charge in [0.15, 0.2) is 0 Å². The number of hydrogen-bond donors (Lipinski definition) is 2. The van der Waals surface area contributed by atoms with E-state index in [4.69, 9.17) is 16.7 Å². The smallest absolute Gasteiger partial charge is 0.321 e. The van der Waals surface area contributed by atoms with Crippen molar-refractivity contribution in [2.45, 2.75) is 26.8 Å². The molecule has 1 aromatic carbocycles. The number of aryl methyl sites for hydroxylation is 2. The minimum atomic E-state index is -0.245. The van der Waals surface area contributed by atoms with Crippen molar-refractivity contribution in [1.82, 2.24) is 4.90 Å². The molecule has 0 saturated heterocycles. The second kappa shape index (κ2) is 6.07. The Morgan fingerprint density at radius 1 is 1.44 bits per heavy atom. The van der Waals surface area contributed by atoms with Crippen LogP contribution in [0.3, 0.4) is 0 Å². The van der Waals surface area contributed by atoms with Gasteiger partial charge in [0.2, 0.25) is 0 Å². The van der Waals surface area contributed by atoms with Crippen molar-refractivity contribution in [3.8, 4) is 0 Å². The number of aliphatic hydroxyl groups is 1. The number of hydrogen-bond acceptors (Lipinski definition) is 2. The zero-order chi connectivity index (χ0) is 13.9. The number of rotatable bonds is 3. The first kappa shape index (κ1) is 14.8. The van der Waals surface area contributed by atoms with Gasteiger partial charge in [0.25, 0.3) is 0 Å². The summed E-state index contributed by atoms with van der Waals surface area (Å²) in [6.07, 6.45) is 0. The number of carbonyl (C=O) groups is 1. The molecular weight excluding hydrogens is 252 g/mol. The van der Waals surface area contributed by atoms with Crippen molar-refractivity contribution >= 4 is 23.3 Å². The van der Waals surface area contributed by atoms with Gasteiger partial charge in [-0.15, -0.1) is 0 Å². The van der Waals surface area contributed by atoms with Crippen LogP contribution in [0.15, 0.2) is 12.1 Å². The molecule has 5 heteroatoms. The van der Waals surface area contributed by atoms with E-state index >= 15 is 0 Å². The van der Waals surface area contributed by atoms with Gasteiger partial charge in [0.1, 0.15) is 0 Å². The average molecular weight is 271 g/mol. The molecule has 18 heavy (non-hydrogen) atoms. The molecule has 1 unspecified atom stereocenters. The van der Waals surface area contributed by atoms with E-state index in [-0.39, 0.29) is 18.7 Å². The first-order chi connectivity index (χ1) is 8.36. The van der Waals surface area contributed by atoms with Crippen molar-refractivity contribution in [3.05, 3.63) is 28.3 Å². The molecule has 0 fully saturated rings. The molecule has 0 bridgehead atoms. The van der Waals surface area contributed by atoms with E-state index in [0.29, 0.717) is 5.02 Å². The van der Waals surface area contributed by atoms with Gasteiger partial charge in [0, 0.05) is 17.8 Å². The third-order valence-electron chi connectivity index (χ3n) is 2.98. The molecule has 0 saturated carbocycles. The van der Waals surface area contributed by atoms with E-state index < -0.39 is 0 Å². The zero-order valence-electron chi connectivity index (χ0n) is 11.1. The number of nitrogens with one attached hydrogen (secondary N) is 1. The van der Waals surface area contributed by atoms with E-state index in [0.717, 1.165) is 16.8 Å². The highest BCUT2D eigenvalue weighted by molar-refractivity contribution is 6.30. The number of benzene rings is 1. The monoisotopic (exact) mass is 270 g/mol. The first-order valence-electron chi connectivity index (χ1n) is 5.78. The van der Waals surface area contributed by atoms with Crippen molar-refractivity contribution in [2.75, 3.05) is 19.0 Å². The van der Waals surface area contributed by atoms with Crippen molar-refractivity contribution in [3.63, 3.8) is 0 Å². The summed E-state index contributed by atoms with van der Waals surface area (Å²) in [4.78, 5) is 13.4. The molecule has 100 valence electrons. The molecule has 0 aliphatic rings. The molecule has 1 aromatic rings. The van der Waals surface area contributed by atoms with Crippen LogP contribution in [0.25, 0.3) is 0 Å². The van der Waals surface area contributed by atoms with Crippen LogP contribution in [0, 0.1) is 13.8 Å². The van der Waals surface area contributed by atoms with Gasteiger partial charge in [-0.25, -0.2) is 4.79 Å². The number of anilines is 1. The average Bonchev–Trinajstić information content (AvgIpc) is 2.31. The molecule has 2 N–H and O–H groups in total. The van der Waals surface area contributed by atoms with Crippen molar-refractivity contribution in [2.24, 2.45) is 0 Å². The number of halogens is 1.